The van der Waals surface area contributed by atoms with Gasteiger partial charge in [-0.2, -0.15) is 0 Å². The van der Waals surface area contributed by atoms with E-state index in [0.29, 0.717) is 0 Å². The Morgan fingerprint density at radius 1 is 1.07 bits per heavy atom. The normalized spacial score (nSPS) is 46.6. The summed E-state index contributed by atoms with van der Waals surface area (Å²) in [5.74, 6) is 2.36. The largest absolute Gasteiger partial charge is 0.508 e. The van der Waals surface area contributed by atoms with Crippen molar-refractivity contribution in [1.82, 2.24) is 0 Å². The highest BCUT2D eigenvalue weighted by molar-refractivity contribution is 5.60. The van der Waals surface area contributed by atoms with Gasteiger partial charge in [0.1, 0.15) is 12.7 Å². The first-order valence-electron chi connectivity index (χ1n) is 5.84. The average molecular weight is 209 g/mol. The van der Waals surface area contributed by atoms with Crippen LogP contribution in [0.1, 0.15) is 38.5 Å². The van der Waals surface area contributed by atoms with Crippen LogP contribution in [0.3, 0.4) is 0 Å². The van der Waals surface area contributed by atoms with Gasteiger partial charge in [0.15, 0.2) is 0 Å². The van der Waals surface area contributed by atoms with E-state index in [9.17, 15) is 4.79 Å². The van der Waals surface area contributed by atoms with Crippen LogP contribution in [0.2, 0.25) is 0 Å². The monoisotopic (exact) mass is 209 g/mol. The lowest BCUT2D eigenvalue weighted by Gasteiger charge is -2.55. The topological polar surface area (TPSA) is 35.5 Å². The van der Waals surface area contributed by atoms with Crippen LogP contribution in [-0.2, 0) is 9.47 Å². The van der Waals surface area contributed by atoms with Crippen molar-refractivity contribution in [2.75, 3.05) is 0 Å². The van der Waals surface area contributed by atoms with Gasteiger partial charge in [0.2, 0.25) is 0 Å². The first-order valence-corrected chi connectivity index (χ1v) is 5.84. The highest BCUT2D eigenvalue weighted by Gasteiger charge is 2.53. The number of rotatable bonds is 1. The molecule has 0 spiro atoms. The van der Waals surface area contributed by atoms with Crippen LogP contribution in [-0.4, -0.2) is 11.8 Å². The van der Waals surface area contributed by atoms with Crippen molar-refractivity contribution in [1.29, 1.82) is 0 Å². The van der Waals surface area contributed by atoms with Crippen molar-refractivity contribution in [3.05, 3.63) is 7.11 Å². The third kappa shape index (κ3) is 1.52. The zero-order chi connectivity index (χ0) is 10.5. The lowest BCUT2D eigenvalue weighted by atomic mass is 9.54. The fraction of sp³-hybridized carbons (Fsp3) is 0.833. The van der Waals surface area contributed by atoms with E-state index in [1.807, 2.05) is 0 Å². The Morgan fingerprint density at radius 2 is 1.53 bits per heavy atom. The maximum atomic E-state index is 11.2. The molecule has 4 saturated carbocycles. The van der Waals surface area contributed by atoms with Gasteiger partial charge in [-0.05, 0) is 56.3 Å². The molecule has 0 aromatic rings. The number of hydrogen-bond donors (Lipinski definition) is 0. The highest BCUT2D eigenvalue weighted by atomic mass is 16.7. The van der Waals surface area contributed by atoms with E-state index in [4.69, 9.17) is 4.74 Å². The molecule has 83 valence electrons. The minimum atomic E-state index is -0.600. The molecular formula is C12H17O3. The van der Waals surface area contributed by atoms with Crippen LogP contribution in [0.5, 0.6) is 0 Å². The number of hydrogen-bond acceptors (Lipinski definition) is 3. The van der Waals surface area contributed by atoms with Crippen LogP contribution >= 0.6 is 0 Å². The third-order valence-corrected chi connectivity index (χ3v) is 4.40. The van der Waals surface area contributed by atoms with E-state index in [-0.39, 0.29) is 5.60 Å². The molecule has 0 saturated heterocycles. The predicted octanol–water partition coefficient (Wildman–Crippen LogP) is 2.90. The van der Waals surface area contributed by atoms with E-state index < -0.39 is 6.16 Å². The van der Waals surface area contributed by atoms with Gasteiger partial charge < -0.3 is 9.47 Å². The van der Waals surface area contributed by atoms with Crippen molar-refractivity contribution in [2.45, 2.75) is 44.1 Å². The van der Waals surface area contributed by atoms with Crippen molar-refractivity contribution in [3.63, 3.8) is 0 Å². The van der Waals surface area contributed by atoms with Gasteiger partial charge in [-0.15, -0.1) is 0 Å². The van der Waals surface area contributed by atoms with E-state index in [2.05, 4.69) is 11.8 Å². The van der Waals surface area contributed by atoms with Crippen molar-refractivity contribution in [2.24, 2.45) is 17.8 Å². The molecule has 4 fully saturated rings. The molecule has 0 unspecified atom stereocenters. The number of carbonyl (C=O) groups is 1. The Bertz CT molecular complexity index is 249. The SMILES string of the molecule is [CH2]OC(=O)OC12CC3CC(CC(C3)C1)C2. The molecule has 4 aliphatic carbocycles. The van der Waals surface area contributed by atoms with Gasteiger partial charge in [-0.3, -0.25) is 0 Å². The summed E-state index contributed by atoms with van der Waals surface area (Å²) >= 11 is 0. The average Bonchev–Trinajstić information content (AvgIpc) is 2.14. The second kappa shape index (κ2) is 3.13. The lowest BCUT2D eigenvalue weighted by Crippen LogP contribution is -2.52. The van der Waals surface area contributed by atoms with Crippen LogP contribution in [0.25, 0.3) is 0 Å². The minimum Gasteiger partial charge on any atom is -0.431 e. The summed E-state index contributed by atoms with van der Waals surface area (Å²) < 4.78 is 9.85. The molecule has 0 amide bonds. The Hall–Kier alpha value is -0.730. The van der Waals surface area contributed by atoms with Gasteiger partial charge >= 0.3 is 6.16 Å². The molecule has 0 atom stereocenters. The van der Waals surface area contributed by atoms with Crippen LogP contribution < -0.4 is 0 Å². The standard InChI is InChI=1S/C12H17O3/c1-14-11(13)15-12-5-8-2-9(6-12)4-10(3-8)7-12/h8-10H,1-7H2. The molecule has 0 aliphatic heterocycles. The fourth-order valence-corrected chi connectivity index (χ4v) is 4.36. The highest BCUT2D eigenvalue weighted by Crippen LogP contribution is 2.57. The third-order valence-electron chi connectivity index (χ3n) is 4.40. The van der Waals surface area contributed by atoms with E-state index >= 15 is 0 Å². The molecule has 0 aromatic carbocycles. The Morgan fingerprint density at radius 3 is 1.93 bits per heavy atom. The molecule has 0 aromatic heterocycles. The van der Waals surface area contributed by atoms with Crippen molar-refractivity contribution >= 4 is 6.16 Å². The molecule has 1 radical (unpaired) electrons. The molecule has 3 nitrogen and oxygen atoms in total. The van der Waals surface area contributed by atoms with Gasteiger partial charge in [0, 0.05) is 0 Å². The van der Waals surface area contributed by atoms with Gasteiger partial charge in [0.25, 0.3) is 0 Å². The first kappa shape index (κ1) is 9.49. The molecule has 15 heavy (non-hydrogen) atoms. The first-order chi connectivity index (χ1) is 7.19. The fourth-order valence-electron chi connectivity index (χ4n) is 4.36. The summed E-state index contributed by atoms with van der Waals surface area (Å²) in [4.78, 5) is 11.2. The van der Waals surface area contributed by atoms with Crippen molar-refractivity contribution in [3.8, 4) is 0 Å². The molecule has 4 bridgehead atoms. The Kier molecular flexibility index (Phi) is 1.98. The summed E-state index contributed by atoms with van der Waals surface area (Å²) in [6, 6.07) is 0. The van der Waals surface area contributed by atoms with E-state index in [1.54, 1.807) is 0 Å². The molecule has 0 heterocycles. The van der Waals surface area contributed by atoms with Crippen LogP contribution in [0.15, 0.2) is 0 Å². The van der Waals surface area contributed by atoms with E-state index in [0.717, 1.165) is 37.0 Å². The molecule has 0 N–H and O–H groups in total. The Balaban J connectivity index is 1.78. The zero-order valence-corrected chi connectivity index (χ0v) is 8.91. The summed E-state index contributed by atoms with van der Waals surface area (Å²) in [6.45, 7) is 0. The molecule has 3 heteroatoms. The van der Waals surface area contributed by atoms with E-state index in [1.165, 1.54) is 19.3 Å². The smallest absolute Gasteiger partial charge is 0.431 e. The van der Waals surface area contributed by atoms with Gasteiger partial charge in [0.05, 0.1) is 0 Å². The maximum Gasteiger partial charge on any atom is 0.508 e. The summed E-state index contributed by atoms with van der Waals surface area (Å²) in [5, 5.41) is 0. The van der Waals surface area contributed by atoms with Gasteiger partial charge in [-0.25, -0.2) is 4.79 Å². The summed E-state index contributed by atoms with van der Waals surface area (Å²) in [7, 11) is 3.11. The molecule has 4 aliphatic rings. The van der Waals surface area contributed by atoms with Crippen molar-refractivity contribution < 1.29 is 14.3 Å². The Labute approximate surface area is 90.1 Å². The summed E-state index contributed by atoms with van der Waals surface area (Å²) in [5.41, 5.74) is -0.191. The second-order valence-electron chi connectivity index (χ2n) is 5.60. The molecule has 4 rings (SSSR count). The number of ether oxygens (including phenoxy) is 2. The van der Waals surface area contributed by atoms with Crippen LogP contribution in [0, 0.1) is 24.9 Å². The minimum absolute atomic E-state index is 0.191. The quantitative estimate of drug-likeness (QED) is 0.623. The summed E-state index contributed by atoms with van der Waals surface area (Å²) in [6.07, 6.45) is 6.60. The lowest BCUT2D eigenvalue weighted by molar-refractivity contribution is -0.138. The second-order valence-corrected chi connectivity index (χ2v) is 5.60. The number of carbonyl (C=O) groups excluding carboxylic acids is 1. The molecular weight excluding hydrogens is 192 g/mol. The van der Waals surface area contributed by atoms with Gasteiger partial charge in [-0.1, -0.05) is 0 Å². The van der Waals surface area contributed by atoms with Crippen LogP contribution in [0.4, 0.5) is 4.79 Å². The predicted molar refractivity (Wildman–Crippen MR) is 53.8 cm³/mol. The zero-order valence-electron chi connectivity index (χ0n) is 8.91. The maximum absolute atomic E-state index is 11.2.